The van der Waals surface area contributed by atoms with Crippen LogP contribution in [0.4, 0.5) is 13.2 Å². The number of benzene rings is 1. The van der Waals surface area contributed by atoms with Crippen molar-refractivity contribution >= 4 is 0 Å². The second-order valence-electron chi connectivity index (χ2n) is 5.66. The van der Waals surface area contributed by atoms with Crippen molar-refractivity contribution in [3.8, 4) is 0 Å². The fourth-order valence-corrected chi connectivity index (χ4v) is 2.27. The third-order valence-corrected chi connectivity index (χ3v) is 3.52. The summed E-state index contributed by atoms with van der Waals surface area (Å²) in [7, 11) is 1.51. The van der Waals surface area contributed by atoms with Crippen LogP contribution in [0.5, 0.6) is 0 Å². The highest BCUT2D eigenvalue weighted by Gasteiger charge is 2.30. The van der Waals surface area contributed by atoms with Crippen LogP contribution in [0.25, 0.3) is 0 Å². The molecule has 0 heterocycles. The number of nitrogens with zero attached hydrogens (tertiary/aromatic N) is 1. The minimum atomic E-state index is -4.16. The standard InChI is InChI=1S/C16H25F3N2/c1-5-8-20-15(10-21(4)11-16(17,18)19)14-7-6-12(2)13(3)9-14/h6-7,9,15,20H,5,8,10-11H2,1-4H3. The minimum Gasteiger partial charge on any atom is -0.309 e. The lowest BCUT2D eigenvalue weighted by atomic mass is 10.0. The number of alkyl halides is 3. The SMILES string of the molecule is CCCNC(CN(C)CC(F)(F)F)c1ccc(C)c(C)c1. The van der Waals surface area contributed by atoms with Crippen LogP contribution in [-0.2, 0) is 0 Å². The Hall–Kier alpha value is -1.07. The molecule has 0 saturated carbocycles. The molecule has 1 aromatic rings. The Morgan fingerprint density at radius 2 is 1.86 bits per heavy atom. The molecule has 2 nitrogen and oxygen atoms in total. The molecular formula is C16H25F3N2. The van der Waals surface area contributed by atoms with Gasteiger partial charge in [-0.3, -0.25) is 4.90 Å². The molecule has 0 radical (unpaired) electrons. The Morgan fingerprint density at radius 1 is 1.19 bits per heavy atom. The van der Waals surface area contributed by atoms with Crippen LogP contribution in [0.3, 0.4) is 0 Å². The Labute approximate surface area is 125 Å². The molecule has 0 aromatic heterocycles. The fourth-order valence-electron chi connectivity index (χ4n) is 2.27. The zero-order valence-electron chi connectivity index (χ0n) is 13.2. The monoisotopic (exact) mass is 302 g/mol. The smallest absolute Gasteiger partial charge is 0.309 e. The van der Waals surface area contributed by atoms with Crippen molar-refractivity contribution in [2.75, 3.05) is 26.7 Å². The van der Waals surface area contributed by atoms with Crippen molar-refractivity contribution in [1.82, 2.24) is 10.2 Å². The van der Waals surface area contributed by atoms with Crippen molar-refractivity contribution in [1.29, 1.82) is 0 Å². The molecule has 0 aliphatic rings. The van der Waals surface area contributed by atoms with Gasteiger partial charge in [0.1, 0.15) is 0 Å². The van der Waals surface area contributed by atoms with E-state index in [1.807, 2.05) is 32.9 Å². The molecule has 21 heavy (non-hydrogen) atoms. The molecule has 1 N–H and O–H groups in total. The van der Waals surface area contributed by atoms with Gasteiger partial charge in [-0.15, -0.1) is 0 Å². The minimum absolute atomic E-state index is 0.0865. The van der Waals surface area contributed by atoms with Crippen LogP contribution >= 0.6 is 0 Å². The van der Waals surface area contributed by atoms with Gasteiger partial charge in [-0.05, 0) is 50.6 Å². The number of likely N-dealkylation sites (N-methyl/N-ethyl adjacent to an activating group) is 1. The predicted molar refractivity (Wildman–Crippen MR) is 80.5 cm³/mol. The van der Waals surface area contributed by atoms with E-state index in [4.69, 9.17) is 0 Å². The number of halogens is 3. The predicted octanol–water partition coefficient (Wildman–Crippen LogP) is 3.84. The molecule has 1 aromatic carbocycles. The van der Waals surface area contributed by atoms with E-state index >= 15 is 0 Å². The maximum Gasteiger partial charge on any atom is 0.401 e. The number of aryl methyl sites for hydroxylation is 2. The van der Waals surface area contributed by atoms with Crippen molar-refractivity contribution in [3.05, 3.63) is 34.9 Å². The Bertz CT molecular complexity index is 444. The highest BCUT2D eigenvalue weighted by atomic mass is 19.4. The average molecular weight is 302 g/mol. The number of rotatable bonds is 7. The van der Waals surface area contributed by atoms with Gasteiger partial charge in [-0.25, -0.2) is 0 Å². The lowest BCUT2D eigenvalue weighted by Crippen LogP contribution is -2.38. The molecule has 1 atom stereocenters. The second kappa shape index (κ2) is 7.80. The van der Waals surface area contributed by atoms with Crippen LogP contribution in [0.2, 0.25) is 0 Å². The molecular weight excluding hydrogens is 277 g/mol. The molecule has 0 saturated heterocycles. The summed E-state index contributed by atoms with van der Waals surface area (Å²) in [5, 5.41) is 3.34. The fraction of sp³-hybridized carbons (Fsp3) is 0.625. The molecule has 5 heteroatoms. The maximum atomic E-state index is 12.5. The summed E-state index contributed by atoms with van der Waals surface area (Å²) in [5.74, 6) is 0. The van der Waals surface area contributed by atoms with E-state index in [-0.39, 0.29) is 6.04 Å². The number of hydrogen-bond acceptors (Lipinski definition) is 2. The van der Waals surface area contributed by atoms with Gasteiger partial charge in [-0.1, -0.05) is 25.1 Å². The van der Waals surface area contributed by atoms with Crippen molar-refractivity contribution < 1.29 is 13.2 Å². The molecule has 0 bridgehead atoms. The molecule has 0 spiro atoms. The second-order valence-corrected chi connectivity index (χ2v) is 5.66. The van der Waals surface area contributed by atoms with E-state index in [2.05, 4.69) is 11.4 Å². The Morgan fingerprint density at radius 3 is 2.38 bits per heavy atom. The Kier molecular flexibility index (Phi) is 6.68. The quantitative estimate of drug-likeness (QED) is 0.823. The summed E-state index contributed by atoms with van der Waals surface area (Å²) >= 11 is 0. The average Bonchev–Trinajstić information content (AvgIpc) is 2.35. The summed E-state index contributed by atoms with van der Waals surface area (Å²) in [6.45, 7) is 6.34. The molecule has 120 valence electrons. The van der Waals surface area contributed by atoms with E-state index in [9.17, 15) is 13.2 Å². The molecule has 0 aliphatic heterocycles. The highest BCUT2D eigenvalue weighted by Crippen LogP contribution is 2.21. The Balaban J connectivity index is 2.81. The van der Waals surface area contributed by atoms with E-state index < -0.39 is 12.7 Å². The summed E-state index contributed by atoms with van der Waals surface area (Å²) < 4.78 is 37.4. The molecule has 0 amide bonds. The summed E-state index contributed by atoms with van der Waals surface area (Å²) in [6.07, 6.45) is -3.21. The van der Waals surface area contributed by atoms with Crippen molar-refractivity contribution in [2.45, 2.75) is 39.4 Å². The van der Waals surface area contributed by atoms with Gasteiger partial charge in [0.15, 0.2) is 0 Å². The third kappa shape index (κ3) is 6.48. The highest BCUT2D eigenvalue weighted by molar-refractivity contribution is 5.31. The van der Waals surface area contributed by atoms with Gasteiger partial charge in [0.25, 0.3) is 0 Å². The van der Waals surface area contributed by atoms with Gasteiger partial charge in [0.2, 0.25) is 0 Å². The van der Waals surface area contributed by atoms with E-state index in [0.29, 0.717) is 6.54 Å². The molecule has 0 fully saturated rings. The summed E-state index contributed by atoms with van der Waals surface area (Å²) in [5.41, 5.74) is 3.39. The van der Waals surface area contributed by atoms with E-state index in [1.54, 1.807) is 0 Å². The van der Waals surface area contributed by atoms with Crippen LogP contribution < -0.4 is 5.32 Å². The van der Waals surface area contributed by atoms with Gasteiger partial charge < -0.3 is 5.32 Å². The lowest BCUT2D eigenvalue weighted by molar-refractivity contribution is -0.143. The largest absolute Gasteiger partial charge is 0.401 e. The molecule has 1 unspecified atom stereocenters. The van der Waals surface area contributed by atoms with Crippen molar-refractivity contribution in [2.24, 2.45) is 0 Å². The van der Waals surface area contributed by atoms with Gasteiger partial charge >= 0.3 is 6.18 Å². The zero-order chi connectivity index (χ0) is 16.0. The lowest BCUT2D eigenvalue weighted by Gasteiger charge is -2.26. The third-order valence-electron chi connectivity index (χ3n) is 3.52. The first-order valence-corrected chi connectivity index (χ1v) is 7.28. The maximum absolute atomic E-state index is 12.5. The van der Waals surface area contributed by atoms with E-state index in [0.717, 1.165) is 24.1 Å². The first kappa shape index (κ1) is 18.0. The van der Waals surface area contributed by atoms with Gasteiger partial charge in [0, 0.05) is 12.6 Å². The first-order chi connectivity index (χ1) is 9.73. The van der Waals surface area contributed by atoms with Crippen LogP contribution in [0.1, 0.15) is 36.1 Å². The van der Waals surface area contributed by atoms with Crippen molar-refractivity contribution in [3.63, 3.8) is 0 Å². The van der Waals surface area contributed by atoms with Crippen LogP contribution in [0, 0.1) is 13.8 Å². The van der Waals surface area contributed by atoms with Crippen LogP contribution in [-0.4, -0.2) is 37.8 Å². The molecule has 1 rings (SSSR count). The summed E-state index contributed by atoms with van der Waals surface area (Å²) in [6, 6.07) is 5.99. The number of nitrogens with one attached hydrogen (secondary N) is 1. The first-order valence-electron chi connectivity index (χ1n) is 7.28. The van der Waals surface area contributed by atoms with Gasteiger partial charge in [0.05, 0.1) is 6.54 Å². The van der Waals surface area contributed by atoms with Gasteiger partial charge in [-0.2, -0.15) is 13.2 Å². The zero-order valence-corrected chi connectivity index (χ0v) is 13.2. The molecule has 0 aliphatic carbocycles. The normalized spacial score (nSPS) is 13.7. The number of hydrogen-bond donors (Lipinski definition) is 1. The van der Waals surface area contributed by atoms with Crippen LogP contribution in [0.15, 0.2) is 18.2 Å². The summed E-state index contributed by atoms with van der Waals surface area (Å²) in [4.78, 5) is 1.32. The topological polar surface area (TPSA) is 15.3 Å². The van der Waals surface area contributed by atoms with E-state index in [1.165, 1.54) is 17.5 Å².